The number of amides is 1. The molecule has 1 N–H and O–H groups in total. The van der Waals surface area contributed by atoms with E-state index in [2.05, 4.69) is 20.1 Å². The number of nitrogens with zero attached hydrogens (tertiary/aromatic N) is 3. The lowest BCUT2D eigenvalue weighted by Gasteiger charge is -2.15. The zero-order valence-electron chi connectivity index (χ0n) is 14.7. The number of halogens is 3. The van der Waals surface area contributed by atoms with Gasteiger partial charge in [-0.05, 0) is 43.3 Å². The largest absolute Gasteiger partial charge is 0.323 e. The van der Waals surface area contributed by atoms with Crippen LogP contribution >= 0.6 is 57.9 Å². The maximum atomic E-state index is 12.7. The second-order valence-electron chi connectivity index (χ2n) is 6.38. The number of thioether (sulfide) groups is 1. The zero-order chi connectivity index (χ0) is 19.8. The highest BCUT2D eigenvalue weighted by molar-refractivity contribution is 8.00. The Bertz CT molecular complexity index is 995. The lowest BCUT2D eigenvalue weighted by molar-refractivity contribution is -0.115. The molecule has 0 saturated heterocycles. The number of benzene rings is 1. The topological polar surface area (TPSA) is 59.8 Å². The van der Waals surface area contributed by atoms with Crippen molar-refractivity contribution in [3.05, 3.63) is 44.7 Å². The molecule has 5 nitrogen and oxygen atoms in total. The highest BCUT2D eigenvalue weighted by atomic mass is 35.5. The van der Waals surface area contributed by atoms with E-state index in [1.165, 1.54) is 11.8 Å². The number of nitrogens with one attached hydrogen (secondary N) is 1. The van der Waals surface area contributed by atoms with Gasteiger partial charge >= 0.3 is 0 Å². The Hall–Kier alpha value is -1.25. The predicted octanol–water partition coefficient (Wildman–Crippen LogP) is 6.42. The minimum absolute atomic E-state index is 0.223. The van der Waals surface area contributed by atoms with Crippen LogP contribution < -0.4 is 5.32 Å². The lowest BCUT2D eigenvalue weighted by Crippen LogP contribution is -2.23. The molecule has 2 aromatic heterocycles. The molecule has 10 heteroatoms. The first-order valence-electron chi connectivity index (χ1n) is 8.55. The summed E-state index contributed by atoms with van der Waals surface area (Å²) in [5.74, 6) is 0.635. The summed E-state index contributed by atoms with van der Waals surface area (Å²) in [5.41, 5.74) is 0.355. The molecule has 0 bridgehead atoms. The standard InChI is InChI=1S/C18H15Cl3N4OS2/c1-9(17(26)22-15-12(20)7-10(19)8-13(15)21)28-18-24-23-16(14-3-2-6-27-14)25(18)11-4-5-11/h2-3,6-9,11H,4-5H2,1H3,(H,22,26)/t9-/m1/s1. The smallest absolute Gasteiger partial charge is 0.237 e. The molecule has 1 saturated carbocycles. The van der Waals surface area contributed by atoms with E-state index in [0.717, 1.165) is 28.7 Å². The van der Waals surface area contributed by atoms with Gasteiger partial charge in [0, 0.05) is 11.1 Å². The average molecular weight is 474 g/mol. The van der Waals surface area contributed by atoms with E-state index in [0.29, 0.717) is 26.8 Å². The number of hydrogen-bond donors (Lipinski definition) is 1. The van der Waals surface area contributed by atoms with Gasteiger partial charge in [0.15, 0.2) is 11.0 Å². The van der Waals surface area contributed by atoms with E-state index in [1.807, 2.05) is 24.4 Å². The Morgan fingerprint density at radius 3 is 2.61 bits per heavy atom. The molecule has 28 heavy (non-hydrogen) atoms. The second kappa shape index (κ2) is 8.24. The molecule has 1 atom stereocenters. The summed E-state index contributed by atoms with van der Waals surface area (Å²) < 4.78 is 2.14. The monoisotopic (exact) mass is 472 g/mol. The molecular weight excluding hydrogens is 459 g/mol. The molecule has 2 heterocycles. The van der Waals surface area contributed by atoms with Crippen LogP contribution in [0.2, 0.25) is 15.1 Å². The normalized spacial score (nSPS) is 14.9. The number of carbonyl (C=O) groups excluding carboxylic acids is 1. The SMILES string of the molecule is C[C@@H](Sc1nnc(-c2cccs2)n1C1CC1)C(=O)Nc1c(Cl)cc(Cl)cc1Cl. The first-order chi connectivity index (χ1) is 13.4. The lowest BCUT2D eigenvalue weighted by atomic mass is 10.3. The molecular formula is C18H15Cl3N4OS2. The Kier molecular flexibility index (Phi) is 5.90. The molecule has 146 valence electrons. The van der Waals surface area contributed by atoms with Gasteiger partial charge in [-0.15, -0.1) is 21.5 Å². The maximum Gasteiger partial charge on any atom is 0.237 e. The van der Waals surface area contributed by atoms with Gasteiger partial charge in [-0.1, -0.05) is 52.6 Å². The van der Waals surface area contributed by atoms with Crippen LogP contribution in [-0.2, 0) is 4.79 Å². The second-order valence-corrected chi connectivity index (χ2v) is 9.88. The fourth-order valence-electron chi connectivity index (χ4n) is 2.69. The highest BCUT2D eigenvalue weighted by Crippen LogP contribution is 2.42. The van der Waals surface area contributed by atoms with Crippen LogP contribution in [0.1, 0.15) is 25.8 Å². The molecule has 0 spiro atoms. The summed E-state index contributed by atoms with van der Waals surface area (Å²) in [7, 11) is 0. The first-order valence-corrected chi connectivity index (χ1v) is 11.4. The van der Waals surface area contributed by atoms with E-state index in [4.69, 9.17) is 34.8 Å². The van der Waals surface area contributed by atoms with Gasteiger partial charge in [-0.3, -0.25) is 9.36 Å². The summed E-state index contributed by atoms with van der Waals surface area (Å²) in [5, 5.41) is 14.8. The van der Waals surface area contributed by atoms with Crippen molar-refractivity contribution in [1.29, 1.82) is 0 Å². The van der Waals surface area contributed by atoms with Crippen LogP contribution in [0.5, 0.6) is 0 Å². The maximum absolute atomic E-state index is 12.7. The van der Waals surface area contributed by atoms with Crippen molar-refractivity contribution in [3.8, 4) is 10.7 Å². The number of carbonyl (C=O) groups is 1. The molecule has 0 aliphatic heterocycles. The Morgan fingerprint density at radius 2 is 2.00 bits per heavy atom. The average Bonchev–Trinajstić information content (AvgIpc) is 3.16. The van der Waals surface area contributed by atoms with Crippen molar-refractivity contribution in [2.45, 2.75) is 36.2 Å². The van der Waals surface area contributed by atoms with Crippen molar-refractivity contribution in [1.82, 2.24) is 14.8 Å². The van der Waals surface area contributed by atoms with Crippen molar-refractivity contribution in [2.24, 2.45) is 0 Å². The number of anilines is 1. The number of hydrogen-bond acceptors (Lipinski definition) is 5. The quantitative estimate of drug-likeness (QED) is 0.420. The number of thiophene rings is 1. The summed E-state index contributed by atoms with van der Waals surface area (Å²) >= 11 is 21.2. The third kappa shape index (κ3) is 4.19. The van der Waals surface area contributed by atoms with Gasteiger partial charge in [0.2, 0.25) is 5.91 Å². The van der Waals surface area contributed by atoms with Crippen molar-refractivity contribution >= 4 is 69.5 Å². The van der Waals surface area contributed by atoms with Crippen LogP contribution in [0.25, 0.3) is 10.7 Å². The van der Waals surface area contributed by atoms with Crippen molar-refractivity contribution < 1.29 is 4.79 Å². The predicted molar refractivity (Wildman–Crippen MR) is 117 cm³/mol. The zero-order valence-corrected chi connectivity index (χ0v) is 18.6. The van der Waals surface area contributed by atoms with Gasteiger partial charge in [0.25, 0.3) is 0 Å². The Morgan fingerprint density at radius 1 is 1.29 bits per heavy atom. The Labute approximate surface area is 185 Å². The van der Waals surface area contributed by atoms with Crippen LogP contribution in [0.4, 0.5) is 5.69 Å². The fourth-order valence-corrected chi connectivity index (χ4v) is 5.23. The van der Waals surface area contributed by atoms with Crippen LogP contribution in [0.15, 0.2) is 34.8 Å². The molecule has 1 fully saturated rings. The third-order valence-electron chi connectivity index (χ3n) is 4.22. The van der Waals surface area contributed by atoms with E-state index < -0.39 is 5.25 Å². The van der Waals surface area contributed by atoms with Gasteiger partial charge < -0.3 is 5.32 Å². The molecule has 0 radical (unpaired) electrons. The minimum atomic E-state index is -0.416. The highest BCUT2D eigenvalue weighted by Gasteiger charge is 2.32. The molecule has 3 aromatic rings. The van der Waals surface area contributed by atoms with E-state index in [9.17, 15) is 4.79 Å². The van der Waals surface area contributed by atoms with E-state index >= 15 is 0 Å². The molecule has 0 unspecified atom stereocenters. The summed E-state index contributed by atoms with van der Waals surface area (Å²) in [6.07, 6.45) is 2.20. The van der Waals surface area contributed by atoms with Crippen LogP contribution in [0, 0.1) is 0 Å². The molecule has 1 aliphatic rings. The van der Waals surface area contributed by atoms with Crippen LogP contribution in [0.3, 0.4) is 0 Å². The summed E-state index contributed by atoms with van der Waals surface area (Å²) in [6.45, 7) is 1.81. The van der Waals surface area contributed by atoms with E-state index in [1.54, 1.807) is 23.5 Å². The van der Waals surface area contributed by atoms with Gasteiger partial charge in [-0.25, -0.2) is 0 Å². The van der Waals surface area contributed by atoms with Crippen molar-refractivity contribution in [3.63, 3.8) is 0 Å². The first kappa shape index (κ1) is 20.0. The van der Waals surface area contributed by atoms with Crippen LogP contribution in [-0.4, -0.2) is 25.9 Å². The number of rotatable bonds is 6. The van der Waals surface area contributed by atoms with Gasteiger partial charge in [-0.2, -0.15) is 0 Å². The minimum Gasteiger partial charge on any atom is -0.323 e. The third-order valence-corrected chi connectivity index (χ3v) is 6.96. The molecule has 1 aliphatic carbocycles. The molecule has 1 amide bonds. The van der Waals surface area contributed by atoms with E-state index in [-0.39, 0.29) is 5.91 Å². The summed E-state index contributed by atoms with van der Waals surface area (Å²) in [4.78, 5) is 13.8. The summed E-state index contributed by atoms with van der Waals surface area (Å²) in [6, 6.07) is 7.50. The number of aromatic nitrogens is 3. The van der Waals surface area contributed by atoms with Gasteiger partial charge in [0.05, 0.1) is 25.9 Å². The molecule has 1 aromatic carbocycles. The van der Waals surface area contributed by atoms with Gasteiger partial charge in [0.1, 0.15) is 0 Å². The Balaban J connectivity index is 1.53. The fraction of sp³-hybridized carbons (Fsp3) is 0.278. The van der Waals surface area contributed by atoms with Crippen molar-refractivity contribution in [2.75, 3.05) is 5.32 Å². The molecule has 4 rings (SSSR count).